The van der Waals surface area contributed by atoms with E-state index in [4.69, 9.17) is 16.3 Å². The van der Waals surface area contributed by atoms with Crippen molar-refractivity contribution in [1.82, 2.24) is 10.2 Å². The smallest absolute Gasteiger partial charge is 0.244 e. The number of halogens is 1. The number of nitrogens with one attached hydrogen (secondary N) is 1. The van der Waals surface area contributed by atoms with Gasteiger partial charge in [-0.3, -0.25) is 13.9 Å². The van der Waals surface area contributed by atoms with Crippen LogP contribution >= 0.6 is 11.6 Å². The van der Waals surface area contributed by atoms with E-state index >= 15 is 0 Å². The standard InChI is InChI=1S/C25H34ClN3O5S/c1-17-21(26)9-8-10-22(17)29(35(7,32)33)16-23(30)28(18(2)24(31)27-25(3,4)5)15-19-11-13-20(34-6)14-12-19/h8-14,18H,15-16H2,1-7H3,(H,27,31)/t18-/m0/s1. The highest BCUT2D eigenvalue weighted by Crippen LogP contribution is 2.28. The topological polar surface area (TPSA) is 96.0 Å². The lowest BCUT2D eigenvalue weighted by molar-refractivity contribution is -0.140. The van der Waals surface area contributed by atoms with Crippen molar-refractivity contribution < 1.29 is 22.7 Å². The molecule has 0 aliphatic heterocycles. The molecule has 0 heterocycles. The van der Waals surface area contributed by atoms with Crippen LogP contribution in [-0.4, -0.2) is 56.6 Å². The quantitative estimate of drug-likeness (QED) is 0.540. The fourth-order valence-corrected chi connectivity index (χ4v) is 4.51. The average molecular weight is 524 g/mol. The van der Waals surface area contributed by atoms with E-state index in [9.17, 15) is 18.0 Å². The van der Waals surface area contributed by atoms with Gasteiger partial charge in [0.1, 0.15) is 18.3 Å². The molecule has 0 saturated heterocycles. The largest absolute Gasteiger partial charge is 0.497 e. The van der Waals surface area contributed by atoms with Crippen molar-refractivity contribution in [3.05, 3.63) is 58.6 Å². The molecule has 0 saturated carbocycles. The Balaban J connectivity index is 2.44. The fourth-order valence-electron chi connectivity index (χ4n) is 3.45. The van der Waals surface area contributed by atoms with E-state index in [-0.39, 0.29) is 12.5 Å². The lowest BCUT2D eigenvalue weighted by atomic mass is 10.1. The Kier molecular flexibility index (Phi) is 9.19. The van der Waals surface area contributed by atoms with Crippen LogP contribution in [0.5, 0.6) is 5.75 Å². The summed E-state index contributed by atoms with van der Waals surface area (Å²) >= 11 is 6.21. The number of anilines is 1. The Morgan fingerprint density at radius 3 is 2.23 bits per heavy atom. The van der Waals surface area contributed by atoms with Crippen LogP contribution in [0.15, 0.2) is 42.5 Å². The highest BCUT2D eigenvalue weighted by molar-refractivity contribution is 7.92. The number of carbonyl (C=O) groups excluding carboxylic acids is 2. The molecule has 2 aromatic rings. The second-order valence-electron chi connectivity index (χ2n) is 9.44. The highest BCUT2D eigenvalue weighted by Gasteiger charge is 2.32. The first kappa shape index (κ1) is 28.5. The first-order chi connectivity index (χ1) is 16.1. The number of benzene rings is 2. The van der Waals surface area contributed by atoms with Crippen molar-refractivity contribution in [1.29, 1.82) is 0 Å². The summed E-state index contributed by atoms with van der Waals surface area (Å²) < 4.78 is 31.6. The zero-order valence-electron chi connectivity index (χ0n) is 21.3. The van der Waals surface area contributed by atoms with Gasteiger partial charge in [-0.15, -0.1) is 0 Å². The van der Waals surface area contributed by atoms with Gasteiger partial charge >= 0.3 is 0 Å². The van der Waals surface area contributed by atoms with Crippen molar-refractivity contribution in [2.24, 2.45) is 0 Å². The molecule has 2 aromatic carbocycles. The molecule has 0 radical (unpaired) electrons. The number of carbonyl (C=O) groups is 2. The minimum absolute atomic E-state index is 0.105. The van der Waals surface area contributed by atoms with Crippen molar-refractivity contribution in [2.75, 3.05) is 24.2 Å². The fraction of sp³-hybridized carbons (Fsp3) is 0.440. The first-order valence-electron chi connectivity index (χ1n) is 11.1. The van der Waals surface area contributed by atoms with Gasteiger partial charge in [-0.25, -0.2) is 8.42 Å². The van der Waals surface area contributed by atoms with E-state index in [0.29, 0.717) is 22.0 Å². The van der Waals surface area contributed by atoms with Crippen molar-refractivity contribution >= 4 is 39.1 Å². The summed E-state index contributed by atoms with van der Waals surface area (Å²) in [6, 6.07) is 11.1. The van der Waals surface area contributed by atoms with Crippen LogP contribution in [0.2, 0.25) is 5.02 Å². The van der Waals surface area contributed by atoms with Gasteiger partial charge in [0.2, 0.25) is 21.8 Å². The van der Waals surface area contributed by atoms with Crippen LogP contribution in [0.4, 0.5) is 5.69 Å². The second-order valence-corrected chi connectivity index (χ2v) is 11.8. The van der Waals surface area contributed by atoms with Crippen molar-refractivity contribution in [3.8, 4) is 5.75 Å². The number of hydrogen-bond donors (Lipinski definition) is 1. The van der Waals surface area contributed by atoms with E-state index in [1.807, 2.05) is 20.8 Å². The van der Waals surface area contributed by atoms with Gasteiger partial charge in [0.25, 0.3) is 0 Å². The van der Waals surface area contributed by atoms with E-state index in [2.05, 4.69) is 5.32 Å². The van der Waals surface area contributed by atoms with Crippen molar-refractivity contribution in [2.45, 2.75) is 52.7 Å². The molecule has 0 fully saturated rings. The van der Waals surface area contributed by atoms with Gasteiger partial charge in [-0.1, -0.05) is 29.8 Å². The molecular weight excluding hydrogens is 490 g/mol. The normalized spacial score (nSPS) is 12.6. The lowest BCUT2D eigenvalue weighted by Gasteiger charge is -2.33. The summed E-state index contributed by atoms with van der Waals surface area (Å²) in [6.45, 7) is 8.48. The number of amides is 2. The van der Waals surface area contributed by atoms with Crippen molar-refractivity contribution in [3.63, 3.8) is 0 Å². The minimum Gasteiger partial charge on any atom is -0.497 e. The molecule has 1 atom stereocenters. The van der Waals surface area contributed by atoms with E-state index in [1.165, 1.54) is 4.90 Å². The predicted molar refractivity (Wildman–Crippen MR) is 139 cm³/mol. The summed E-state index contributed by atoms with van der Waals surface area (Å²) in [5.74, 6) is -0.212. The molecule has 2 rings (SSSR count). The van der Waals surface area contributed by atoms with Crippen LogP contribution in [0, 0.1) is 6.92 Å². The zero-order chi connectivity index (χ0) is 26.6. The Hall–Kier alpha value is -2.78. The van der Waals surface area contributed by atoms with Gasteiger partial charge in [-0.2, -0.15) is 0 Å². The van der Waals surface area contributed by atoms with E-state index in [1.54, 1.807) is 63.4 Å². The summed E-state index contributed by atoms with van der Waals surface area (Å²) in [5, 5.41) is 3.27. The predicted octanol–water partition coefficient (Wildman–Crippen LogP) is 3.76. The number of nitrogens with zero attached hydrogens (tertiary/aromatic N) is 2. The lowest BCUT2D eigenvalue weighted by Crippen LogP contribution is -2.54. The molecular formula is C25H34ClN3O5S. The third-order valence-corrected chi connectivity index (χ3v) is 6.90. The second kappa shape index (κ2) is 11.3. The zero-order valence-corrected chi connectivity index (χ0v) is 22.8. The molecule has 1 N–H and O–H groups in total. The highest BCUT2D eigenvalue weighted by atomic mass is 35.5. The Morgan fingerprint density at radius 2 is 1.71 bits per heavy atom. The molecule has 8 nitrogen and oxygen atoms in total. The molecule has 0 aromatic heterocycles. The summed E-state index contributed by atoms with van der Waals surface area (Å²) in [7, 11) is -2.28. The van der Waals surface area contributed by atoms with E-state index in [0.717, 1.165) is 16.1 Å². The summed E-state index contributed by atoms with van der Waals surface area (Å²) in [4.78, 5) is 27.9. The monoisotopic (exact) mass is 523 g/mol. The molecule has 10 heteroatoms. The third kappa shape index (κ3) is 7.86. The van der Waals surface area contributed by atoms with E-state index < -0.39 is 34.1 Å². The summed E-state index contributed by atoms with van der Waals surface area (Å²) in [5.41, 5.74) is 1.10. The molecule has 35 heavy (non-hydrogen) atoms. The van der Waals surface area contributed by atoms with Crippen LogP contribution < -0.4 is 14.4 Å². The van der Waals surface area contributed by atoms with Gasteiger partial charge in [0, 0.05) is 17.1 Å². The Bertz CT molecular complexity index is 1160. The number of ether oxygens (including phenoxy) is 1. The maximum Gasteiger partial charge on any atom is 0.244 e. The number of hydrogen-bond acceptors (Lipinski definition) is 5. The maximum absolute atomic E-state index is 13.6. The summed E-state index contributed by atoms with van der Waals surface area (Å²) in [6.07, 6.45) is 1.03. The van der Waals surface area contributed by atoms with Crippen LogP contribution in [0.1, 0.15) is 38.8 Å². The molecule has 2 amide bonds. The average Bonchev–Trinajstić information content (AvgIpc) is 2.76. The van der Waals surface area contributed by atoms with Gasteiger partial charge in [-0.05, 0) is 70.0 Å². The maximum atomic E-state index is 13.6. The molecule has 0 unspecified atom stereocenters. The Morgan fingerprint density at radius 1 is 1.11 bits per heavy atom. The van der Waals surface area contributed by atoms with Crippen LogP contribution in [-0.2, 0) is 26.2 Å². The number of rotatable bonds is 9. The molecule has 0 aliphatic carbocycles. The van der Waals surface area contributed by atoms with Crippen LogP contribution in [0.3, 0.4) is 0 Å². The molecule has 0 aliphatic rings. The van der Waals surface area contributed by atoms with Gasteiger partial charge < -0.3 is 15.0 Å². The molecule has 192 valence electrons. The number of methoxy groups -OCH3 is 1. The minimum atomic E-state index is -3.83. The third-order valence-electron chi connectivity index (χ3n) is 5.36. The Labute approximate surface area is 213 Å². The van der Waals surface area contributed by atoms with Gasteiger partial charge in [0.05, 0.1) is 19.1 Å². The number of sulfonamides is 1. The molecule has 0 spiro atoms. The van der Waals surface area contributed by atoms with Gasteiger partial charge in [0.15, 0.2) is 0 Å². The SMILES string of the molecule is COc1ccc(CN(C(=O)CN(c2cccc(Cl)c2C)S(C)(=O)=O)[C@@H](C)C(=O)NC(C)(C)C)cc1. The first-order valence-corrected chi connectivity index (χ1v) is 13.3. The molecule has 0 bridgehead atoms. The van der Waals surface area contributed by atoms with Crippen LogP contribution in [0.25, 0.3) is 0 Å².